The first-order valence-corrected chi connectivity index (χ1v) is 9.36. The molecule has 3 rings (SSSR count). The van der Waals surface area contributed by atoms with Crippen LogP contribution in [0.2, 0.25) is 0 Å². The molecule has 1 heterocycles. The van der Waals surface area contributed by atoms with E-state index < -0.39 is 0 Å². The number of hydrogen-bond acceptors (Lipinski definition) is 6. The molecular formula is C19H19FN4O3S. The van der Waals surface area contributed by atoms with E-state index in [9.17, 15) is 9.18 Å². The zero-order chi connectivity index (χ0) is 19.9. The smallest absolute Gasteiger partial charge is 0.230 e. The summed E-state index contributed by atoms with van der Waals surface area (Å²) < 4.78 is 25.9. The Kier molecular flexibility index (Phi) is 6.49. The molecule has 0 atom stereocenters. The van der Waals surface area contributed by atoms with E-state index in [-0.39, 0.29) is 17.5 Å². The van der Waals surface area contributed by atoms with E-state index >= 15 is 0 Å². The second kappa shape index (κ2) is 9.23. The first kappa shape index (κ1) is 19.7. The quantitative estimate of drug-likeness (QED) is 0.584. The number of ether oxygens (including phenoxy) is 2. The Labute approximate surface area is 165 Å². The monoisotopic (exact) mass is 402 g/mol. The lowest BCUT2D eigenvalue weighted by molar-refractivity contribution is -0.118. The van der Waals surface area contributed by atoms with Crippen LogP contribution in [0.4, 0.5) is 4.39 Å². The van der Waals surface area contributed by atoms with Gasteiger partial charge in [0.15, 0.2) is 16.7 Å². The van der Waals surface area contributed by atoms with Crippen molar-refractivity contribution >= 4 is 17.7 Å². The molecule has 0 saturated carbocycles. The second-order valence-electron chi connectivity index (χ2n) is 5.69. The van der Waals surface area contributed by atoms with Gasteiger partial charge in [-0.05, 0) is 29.8 Å². The van der Waals surface area contributed by atoms with Crippen molar-refractivity contribution in [1.29, 1.82) is 0 Å². The molecule has 0 spiro atoms. The van der Waals surface area contributed by atoms with Crippen molar-refractivity contribution in [3.63, 3.8) is 0 Å². The summed E-state index contributed by atoms with van der Waals surface area (Å²) in [6.07, 6.45) is 1.42. The number of methoxy groups -OCH3 is 2. The molecule has 0 saturated heterocycles. The number of amides is 1. The number of carbonyl (C=O) groups excluding carboxylic acids is 1. The number of aromatic nitrogens is 3. The topological polar surface area (TPSA) is 78.3 Å². The third kappa shape index (κ3) is 4.61. The van der Waals surface area contributed by atoms with Gasteiger partial charge in [-0.3, -0.25) is 9.36 Å². The molecule has 7 nitrogen and oxygen atoms in total. The van der Waals surface area contributed by atoms with Gasteiger partial charge in [0.1, 0.15) is 12.1 Å². The number of carbonyl (C=O) groups is 1. The minimum atomic E-state index is -0.387. The number of benzene rings is 2. The third-order valence-corrected chi connectivity index (χ3v) is 4.84. The number of halogens is 1. The fourth-order valence-electron chi connectivity index (χ4n) is 2.51. The fourth-order valence-corrected chi connectivity index (χ4v) is 3.26. The molecular weight excluding hydrogens is 383 g/mol. The van der Waals surface area contributed by atoms with Gasteiger partial charge in [-0.1, -0.05) is 30.0 Å². The van der Waals surface area contributed by atoms with Crippen LogP contribution in [-0.4, -0.2) is 40.6 Å². The maximum Gasteiger partial charge on any atom is 0.230 e. The Hall–Kier alpha value is -3.07. The Morgan fingerprint density at radius 3 is 2.71 bits per heavy atom. The van der Waals surface area contributed by atoms with Gasteiger partial charge in [0.25, 0.3) is 0 Å². The summed E-state index contributed by atoms with van der Waals surface area (Å²) in [4.78, 5) is 12.2. The van der Waals surface area contributed by atoms with Crippen LogP contribution in [0.25, 0.3) is 5.69 Å². The average molecular weight is 402 g/mol. The summed E-state index contributed by atoms with van der Waals surface area (Å²) in [6, 6.07) is 11.8. The van der Waals surface area contributed by atoms with Gasteiger partial charge in [-0.2, -0.15) is 0 Å². The predicted octanol–water partition coefficient (Wildman–Crippen LogP) is 2.83. The van der Waals surface area contributed by atoms with Crippen molar-refractivity contribution in [3.05, 3.63) is 60.2 Å². The summed E-state index contributed by atoms with van der Waals surface area (Å²) in [5.41, 5.74) is 1.21. The third-order valence-electron chi connectivity index (χ3n) is 3.90. The number of nitrogens with zero attached hydrogens (tertiary/aromatic N) is 3. The molecule has 9 heteroatoms. The molecule has 0 radical (unpaired) electrons. The number of nitrogens with one attached hydrogen (secondary N) is 1. The Bertz CT molecular complexity index is 964. The summed E-state index contributed by atoms with van der Waals surface area (Å²) in [5, 5.41) is 11.0. The van der Waals surface area contributed by atoms with Crippen molar-refractivity contribution in [1.82, 2.24) is 20.1 Å². The molecule has 1 aromatic heterocycles. The zero-order valence-corrected chi connectivity index (χ0v) is 16.2. The number of thioether (sulfide) groups is 1. The molecule has 1 amide bonds. The van der Waals surface area contributed by atoms with Gasteiger partial charge >= 0.3 is 0 Å². The van der Waals surface area contributed by atoms with Gasteiger partial charge in [-0.15, -0.1) is 10.2 Å². The van der Waals surface area contributed by atoms with Crippen molar-refractivity contribution < 1.29 is 18.7 Å². The molecule has 0 aliphatic rings. The van der Waals surface area contributed by atoms with E-state index in [2.05, 4.69) is 15.5 Å². The highest BCUT2D eigenvalue weighted by molar-refractivity contribution is 7.99. The largest absolute Gasteiger partial charge is 0.493 e. The highest BCUT2D eigenvalue weighted by Gasteiger charge is 2.13. The zero-order valence-electron chi connectivity index (χ0n) is 15.4. The van der Waals surface area contributed by atoms with Crippen LogP contribution in [0, 0.1) is 5.82 Å². The van der Waals surface area contributed by atoms with Crippen LogP contribution in [0.15, 0.2) is 53.9 Å². The number of rotatable bonds is 8. The molecule has 3 aromatic rings. The molecule has 28 heavy (non-hydrogen) atoms. The van der Waals surface area contributed by atoms with E-state index in [0.717, 1.165) is 5.56 Å². The minimum Gasteiger partial charge on any atom is -0.493 e. The average Bonchev–Trinajstić information content (AvgIpc) is 3.19. The van der Waals surface area contributed by atoms with Crippen LogP contribution in [-0.2, 0) is 11.3 Å². The summed E-state index contributed by atoms with van der Waals surface area (Å²) in [5.74, 6) is 0.785. The molecule has 0 bridgehead atoms. The molecule has 146 valence electrons. The summed E-state index contributed by atoms with van der Waals surface area (Å²) in [7, 11) is 3.12. The van der Waals surface area contributed by atoms with Crippen LogP contribution < -0.4 is 14.8 Å². The lowest BCUT2D eigenvalue weighted by atomic mass is 10.2. The highest BCUT2D eigenvalue weighted by atomic mass is 32.2. The first-order chi connectivity index (χ1) is 13.6. The molecule has 2 aromatic carbocycles. The van der Waals surface area contributed by atoms with Crippen molar-refractivity contribution in [2.75, 3.05) is 20.0 Å². The van der Waals surface area contributed by atoms with E-state index in [1.165, 1.54) is 28.7 Å². The van der Waals surface area contributed by atoms with Crippen molar-refractivity contribution in [3.8, 4) is 17.2 Å². The van der Waals surface area contributed by atoms with E-state index in [1.54, 1.807) is 44.6 Å². The normalized spacial score (nSPS) is 10.5. The van der Waals surface area contributed by atoms with E-state index in [0.29, 0.717) is 28.9 Å². The van der Waals surface area contributed by atoms with Gasteiger partial charge in [-0.25, -0.2) is 4.39 Å². The standard InChI is InChI=1S/C19H19FN4O3S/c1-26-16-8-7-13(9-17(16)27-2)10-21-18(25)11-28-19-23-22-12-24(19)15-6-4-3-5-14(15)20/h3-9,12H,10-11H2,1-2H3,(H,21,25). The van der Waals surface area contributed by atoms with Gasteiger partial charge in [0, 0.05) is 6.54 Å². The predicted molar refractivity (Wildman–Crippen MR) is 103 cm³/mol. The molecule has 0 unspecified atom stereocenters. The van der Waals surface area contributed by atoms with Crippen LogP contribution >= 0.6 is 11.8 Å². The summed E-state index contributed by atoms with van der Waals surface area (Å²) in [6.45, 7) is 0.347. The van der Waals surface area contributed by atoms with Crippen LogP contribution in [0.3, 0.4) is 0 Å². The number of para-hydroxylation sites is 1. The van der Waals surface area contributed by atoms with Gasteiger partial charge in [0.05, 0.1) is 25.7 Å². The van der Waals surface area contributed by atoms with E-state index in [4.69, 9.17) is 9.47 Å². The molecule has 1 N–H and O–H groups in total. The lowest BCUT2D eigenvalue weighted by Crippen LogP contribution is -2.24. The Morgan fingerprint density at radius 1 is 1.18 bits per heavy atom. The fraction of sp³-hybridized carbons (Fsp3) is 0.211. The number of hydrogen-bond donors (Lipinski definition) is 1. The van der Waals surface area contributed by atoms with Crippen LogP contribution in [0.5, 0.6) is 11.5 Å². The Balaban J connectivity index is 1.57. The second-order valence-corrected chi connectivity index (χ2v) is 6.63. The molecule has 0 aliphatic heterocycles. The SMILES string of the molecule is COc1ccc(CNC(=O)CSc2nncn2-c2ccccc2F)cc1OC. The molecule has 0 fully saturated rings. The Morgan fingerprint density at radius 2 is 1.96 bits per heavy atom. The van der Waals surface area contributed by atoms with Crippen LogP contribution in [0.1, 0.15) is 5.56 Å². The maximum absolute atomic E-state index is 14.0. The van der Waals surface area contributed by atoms with Crippen molar-refractivity contribution in [2.24, 2.45) is 0 Å². The summed E-state index contributed by atoms with van der Waals surface area (Å²) >= 11 is 1.18. The van der Waals surface area contributed by atoms with E-state index in [1.807, 2.05) is 6.07 Å². The van der Waals surface area contributed by atoms with Gasteiger partial charge in [0.2, 0.25) is 5.91 Å². The first-order valence-electron chi connectivity index (χ1n) is 8.37. The highest BCUT2D eigenvalue weighted by Crippen LogP contribution is 2.27. The lowest BCUT2D eigenvalue weighted by Gasteiger charge is -2.10. The molecule has 0 aliphatic carbocycles. The van der Waals surface area contributed by atoms with Gasteiger partial charge < -0.3 is 14.8 Å². The minimum absolute atomic E-state index is 0.125. The van der Waals surface area contributed by atoms with Crippen molar-refractivity contribution in [2.45, 2.75) is 11.7 Å². The maximum atomic E-state index is 14.0.